The lowest BCUT2D eigenvalue weighted by Crippen LogP contribution is -2.46. The zero-order valence-electron chi connectivity index (χ0n) is 24.9. The Bertz CT molecular complexity index is 1710. The number of pyridine rings is 1. The average molecular weight is 637 g/mol. The van der Waals surface area contributed by atoms with Gasteiger partial charge in [-0.25, -0.2) is 14.7 Å². The van der Waals surface area contributed by atoms with Crippen molar-refractivity contribution in [2.75, 3.05) is 11.5 Å². The third-order valence-corrected chi connectivity index (χ3v) is 8.47. The second-order valence-corrected chi connectivity index (χ2v) is 13.0. The highest BCUT2D eigenvalue weighted by Crippen LogP contribution is 2.39. The number of ether oxygens (including phenoxy) is 1. The van der Waals surface area contributed by atoms with Gasteiger partial charge in [0.15, 0.2) is 0 Å². The molecule has 0 saturated heterocycles. The first-order valence-electron chi connectivity index (χ1n) is 13.9. The van der Waals surface area contributed by atoms with Crippen molar-refractivity contribution in [2.45, 2.75) is 51.9 Å². The molecule has 4 aromatic rings. The van der Waals surface area contributed by atoms with E-state index in [0.29, 0.717) is 27.8 Å². The number of carbonyl (C=O) groups is 3. The SMILES string of the molecule is C[C@H](C(=O)N[C@H](CO)c1cccc(Cl)c1)N1Cc2sc(-c3ccnc(N(C(=O)OC(C)(C)C)c4ccnn4C)c3)cc2C1=O. The van der Waals surface area contributed by atoms with Crippen LogP contribution >= 0.6 is 22.9 Å². The summed E-state index contributed by atoms with van der Waals surface area (Å²) in [4.78, 5) is 48.8. The summed E-state index contributed by atoms with van der Waals surface area (Å²) < 4.78 is 7.22. The van der Waals surface area contributed by atoms with E-state index < -0.39 is 23.8 Å². The number of nitrogens with zero attached hydrogens (tertiary/aromatic N) is 5. The van der Waals surface area contributed by atoms with Crippen LogP contribution < -0.4 is 10.2 Å². The normalized spacial score (nSPS) is 14.2. The van der Waals surface area contributed by atoms with Crippen LogP contribution in [-0.2, 0) is 23.1 Å². The molecule has 3 amide bonds. The minimum atomic E-state index is -0.771. The summed E-state index contributed by atoms with van der Waals surface area (Å²) in [6, 6.07) is 12.6. The first-order chi connectivity index (χ1) is 20.9. The lowest BCUT2D eigenvalue weighted by molar-refractivity contribution is -0.126. The van der Waals surface area contributed by atoms with Crippen molar-refractivity contribution in [3.63, 3.8) is 0 Å². The molecule has 4 heterocycles. The summed E-state index contributed by atoms with van der Waals surface area (Å²) in [6.07, 6.45) is 2.58. The molecule has 5 rings (SSSR count). The molecule has 0 bridgehead atoms. The van der Waals surface area contributed by atoms with Crippen molar-refractivity contribution in [1.29, 1.82) is 0 Å². The van der Waals surface area contributed by atoms with E-state index >= 15 is 0 Å². The van der Waals surface area contributed by atoms with Gasteiger partial charge in [0, 0.05) is 34.1 Å². The van der Waals surface area contributed by atoms with Gasteiger partial charge in [-0.2, -0.15) is 5.10 Å². The Morgan fingerprint density at radius 1 is 1.18 bits per heavy atom. The van der Waals surface area contributed by atoms with Gasteiger partial charge >= 0.3 is 6.09 Å². The van der Waals surface area contributed by atoms with Crippen LogP contribution in [0.1, 0.15) is 54.5 Å². The van der Waals surface area contributed by atoms with E-state index in [1.54, 1.807) is 94.3 Å². The molecule has 11 nitrogen and oxygen atoms in total. The summed E-state index contributed by atoms with van der Waals surface area (Å²) in [6.45, 7) is 6.99. The number of benzene rings is 1. The van der Waals surface area contributed by atoms with E-state index in [4.69, 9.17) is 16.3 Å². The number of aliphatic hydroxyl groups excluding tert-OH is 1. The number of hydrogen-bond donors (Lipinski definition) is 2. The largest absolute Gasteiger partial charge is 0.443 e. The van der Waals surface area contributed by atoms with Crippen LogP contribution in [0.2, 0.25) is 5.02 Å². The van der Waals surface area contributed by atoms with Gasteiger partial charge in [0.1, 0.15) is 23.3 Å². The average Bonchev–Trinajstić information content (AvgIpc) is 3.66. The summed E-state index contributed by atoms with van der Waals surface area (Å²) in [5, 5.41) is 17.4. The second kappa shape index (κ2) is 12.4. The number of thiophene rings is 1. The fourth-order valence-electron chi connectivity index (χ4n) is 4.85. The van der Waals surface area contributed by atoms with Crippen LogP contribution in [0.5, 0.6) is 0 Å². The summed E-state index contributed by atoms with van der Waals surface area (Å²) in [7, 11) is 1.72. The molecule has 3 aromatic heterocycles. The Morgan fingerprint density at radius 2 is 1.95 bits per heavy atom. The first-order valence-corrected chi connectivity index (χ1v) is 15.1. The molecule has 1 aromatic carbocycles. The standard InChI is InChI=1S/C31H33ClN6O5S/c1-18(28(40)35-23(17-39)19-7-6-8-21(32)13-19)37-16-25-22(29(37)41)15-24(44-25)20-9-11-33-26(14-20)38(27-10-12-34-36(27)5)30(42)43-31(2,3)4/h6-15,18,23,39H,16-17H2,1-5H3,(H,35,40)/t18-,23-/m1/s1. The number of amides is 3. The predicted molar refractivity (Wildman–Crippen MR) is 168 cm³/mol. The van der Waals surface area contributed by atoms with Crippen LogP contribution in [0.15, 0.2) is 60.9 Å². The van der Waals surface area contributed by atoms with Gasteiger partial charge in [0.05, 0.1) is 31.0 Å². The number of halogens is 1. The number of anilines is 2. The number of aryl methyl sites for hydroxylation is 1. The first kappa shape index (κ1) is 31.2. The van der Waals surface area contributed by atoms with Crippen LogP contribution in [0, 0.1) is 0 Å². The quantitative estimate of drug-likeness (QED) is 0.263. The van der Waals surface area contributed by atoms with Gasteiger partial charge in [0.25, 0.3) is 5.91 Å². The molecule has 1 aliphatic heterocycles. The number of fused-ring (bicyclic) bond motifs is 1. The van der Waals surface area contributed by atoms with Gasteiger partial charge < -0.3 is 20.1 Å². The molecule has 230 valence electrons. The maximum absolute atomic E-state index is 13.4. The molecule has 1 aliphatic rings. The maximum atomic E-state index is 13.4. The third-order valence-electron chi connectivity index (χ3n) is 7.07. The number of rotatable bonds is 8. The van der Waals surface area contributed by atoms with Gasteiger partial charge in [-0.05, 0) is 69.2 Å². The van der Waals surface area contributed by atoms with Gasteiger partial charge in [-0.3, -0.25) is 14.3 Å². The van der Waals surface area contributed by atoms with Crippen LogP contribution in [-0.4, -0.2) is 60.9 Å². The topological polar surface area (TPSA) is 130 Å². The predicted octanol–water partition coefficient (Wildman–Crippen LogP) is 5.46. The van der Waals surface area contributed by atoms with Crippen molar-refractivity contribution in [3.8, 4) is 10.4 Å². The highest BCUT2D eigenvalue weighted by Gasteiger charge is 2.36. The highest BCUT2D eigenvalue weighted by atomic mass is 35.5. The van der Waals surface area contributed by atoms with Crippen molar-refractivity contribution in [3.05, 3.63) is 82.0 Å². The summed E-state index contributed by atoms with van der Waals surface area (Å²) in [5.41, 5.74) is 1.23. The molecule has 0 aliphatic carbocycles. The summed E-state index contributed by atoms with van der Waals surface area (Å²) in [5.74, 6) is 0.177. The van der Waals surface area contributed by atoms with E-state index in [2.05, 4.69) is 15.4 Å². The highest BCUT2D eigenvalue weighted by molar-refractivity contribution is 7.16. The van der Waals surface area contributed by atoms with Crippen LogP contribution in [0.3, 0.4) is 0 Å². The van der Waals surface area contributed by atoms with Gasteiger partial charge in [0.2, 0.25) is 5.91 Å². The second-order valence-electron chi connectivity index (χ2n) is 11.4. The van der Waals surface area contributed by atoms with Gasteiger partial charge in [-0.15, -0.1) is 11.3 Å². The number of hydrogen-bond acceptors (Lipinski definition) is 8. The molecule has 0 radical (unpaired) electrons. The fourth-order valence-corrected chi connectivity index (χ4v) is 6.19. The van der Waals surface area contributed by atoms with E-state index in [-0.39, 0.29) is 25.0 Å². The molecule has 2 atom stereocenters. The maximum Gasteiger partial charge on any atom is 0.421 e. The fraction of sp³-hybridized carbons (Fsp3) is 0.323. The molecular formula is C31H33ClN6O5S. The van der Waals surface area contributed by atoms with Gasteiger partial charge in [-0.1, -0.05) is 23.7 Å². The monoisotopic (exact) mass is 636 g/mol. The zero-order chi connectivity index (χ0) is 31.8. The van der Waals surface area contributed by atoms with Crippen LogP contribution in [0.4, 0.5) is 16.4 Å². The van der Waals surface area contributed by atoms with Crippen molar-refractivity contribution in [2.24, 2.45) is 7.05 Å². The van der Waals surface area contributed by atoms with Crippen molar-refractivity contribution in [1.82, 2.24) is 25.0 Å². The number of aliphatic hydroxyl groups is 1. The van der Waals surface area contributed by atoms with Crippen molar-refractivity contribution >= 4 is 52.5 Å². The number of aromatic nitrogens is 3. The Hall–Kier alpha value is -4.26. The number of carbonyl (C=O) groups excluding carboxylic acids is 3. The smallest absolute Gasteiger partial charge is 0.421 e. The Morgan fingerprint density at radius 3 is 2.59 bits per heavy atom. The van der Waals surface area contributed by atoms with Crippen molar-refractivity contribution < 1.29 is 24.2 Å². The lowest BCUT2D eigenvalue weighted by Gasteiger charge is -2.26. The van der Waals surface area contributed by atoms with E-state index in [9.17, 15) is 19.5 Å². The Labute approximate surface area is 264 Å². The molecule has 0 spiro atoms. The number of nitrogens with one attached hydrogen (secondary N) is 1. The Balaban J connectivity index is 1.35. The van der Waals surface area contributed by atoms with Crippen LogP contribution in [0.25, 0.3) is 10.4 Å². The molecule has 0 unspecified atom stereocenters. The van der Waals surface area contributed by atoms with E-state index in [1.807, 2.05) is 6.07 Å². The van der Waals surface area contributed by atoms with E-state index in [0.717, 1.165) is 15.3 Å². The molecule has 13 heteroatoms. The zero-order valence-corrected chi connectivity index (χ0v) is 26.5. The molecule has 2 N–H and O–H groups in total. The minimum absolute atomic E-state index is 0.256. The molecule has 0 fully saturated rings. The molecule has 44 heavy (non-hydrogen) atoms. The lowest BCUT2D eigenvalue weighted by atomic mass is 10.1. The molecule has 0 saturated carbocycles. The molecular weight excluding hydrogens is 604 g/mol. The van der Waals surface area contributed by atoms with E-state index in [1.165, 1.54) is 21.1 Å². The summed E-state index contributed by atoms with van der Waals surface area (Å²) >= 11 is 7.52. The minimum Gasteiger partial charge on any atom is -0.443 e. The third kappa shape index (κ3) is 6.47. The Kier molecular flexibility index (Phi) is 8.78.